The lowest BCUT2D eigenvalue weighted by Gasteiger charge is -2.10. The number of hydrogen-bond donors (Lipinski definition) is 1. The molecule has 0 aliphatic rings. The molecule has 0 aliphatic heterocycles. The average Bonchev–Trinajstić information content (AvgIpc) is 2.38. The van der Waals surface area contributed by atoms with E-state index in [0.717, 1.165) is 21.6 Å². The number of methoxy groups -OCH3 is 1. The van der Waals surface area contributed by atoms with E-state index in [4.69, 9.17) is 4.74 Å². The van der Waals surface area contributed by atoms with Gasteiger partial charge in [0.15, 0.2) is 0 Å². The molecule has 0 bridgehead atoms. The quantitative estimate of drug-likeness (QED) is 0.937. The van der Waals surface area contributed by atoms with Crippen LogP contribution in [0.3, 0.4) is 0 Å². The molecule has 17 heavy (non-hydrogen) atoms. The van der Waals surface area contributed by atoms with Gasteiger partial charge < -0.3 is 10.1 Å². The van der Waals surface area contributed by atoms with E-state index in [9.17, 15) is 0 Å². The van der Waals surface area contributed by atoms with Crippen LogP contribution in [-0.2, 0) is 6.54 Å². The van der Waals surface area contributed by atoms with E-state index >= 15 is 0 Å². The molecule has 0 radical (unpaired) electrons. The minimum atomic E-state index is 0.680. The van der Waals surface area contributed by atoms with Gasteiger partial charge in [0.25, 0.3) is 0 Å². The van der Waals surface area contributed by atoms with Crippen molar-refractivity contribution in [1.82, 2.24) is 4.98 Å². The molecular formula is C13H13BrN2O. The van der Waals surface area contributed by atoms with E-state index in [0.29, 0.717) is 6.54 Å². The molecule has 1 N–H and O–H groups in total. The maximum absolute atomic E-state index is 5.29. The third-order valence-electron chi connectivity index (χ3n) is 2.40. The van der Waals surface area contributed by atoms with Crippen LogP contribution in [0.25, 0.3) is 0 Å². The monoisotopic (exact) mass is 292 g/mol. The van der Waals surface area contributed by atoms with Crippen LogP contribution in [0.1, 0.15) is 5.56 Å². The number of nitrogens with zero attached hydrogens (tertiary/aromatic N) is 1. The number of halogens is 1. The summed E-state index contributed by atoms with van der Waals surface area (Å²) in [6.45, 7) is 0.680. The second kappa shape index (κ2) is 5.68. The molecule has 0 amide bonds. The van der Waals surface area contributed by atoms with Crippen LogP contribution < -0.4 is 10.1 Å². The van der Waals surface area contributed by atoms with Crippen molar-refractivity contribution in [3.8, 4) is 5.75 Å². The molecule has 88 valence electrons. The fourth-order valence-corrected chi connectivity index (χ4v) is 1.94. The lowest BCUT2D eigenvalue weighted by Crippen LogP contribution is -2.03. The molecule has 0 aliphatic carbocycles. The van der Waals surface area contributed by atoms with Crippen molar-refractivity contribution in [2.45, 2.75) is 6.54 Å². The molecule has 0 saturated heterocycles. The van der Waals surface area contributed by atoms with E-state index in [1.165, 1.54) is 0 Å². The Labute approximate surface area is 109 Å². The summed E-state index contributed by atoms with van der Waals surface area (Å²) in [5.41, 5.74) is 1.10. The van der Waals surface area contributed by atoms with Crippen molar-refractivity contribution in [2.24, 2.45) is 0 Å². The number of rotatable bonds is 4. The number of anilines is 1. The van der Waals surface area contributed by atoms with Gasteiger partial charge in [-0.2, -0.15) is 0 Å². The number of para-hydroxylation sites is 1. The lowest BCUT2D eigenvalue weighted by molar-refractivity contribution is 0.410. The Morgan fingerprint density at radius 3 is 2.82 bits per heavy atom. The maximum Gasteiger partial charge on any atom is 0.140 e. The number of ether oxygens (including phenoxy) is 1. The Hall–Kier alpha value is -1.55. The van der Waals surface area contributed by atoms with Gasteiger partial charge in [0.2, 0.25) is 0 Å². The molecule has 1 heterocycles. The van der Waals surface area contributed by atoms with Crippen LogP contribution in [0.4, 0.5) is 5.82 Å². The number of aromatic nitrogens is 1. The number of nitrogens with one attached hydrogen (secondary N) is 1. The van der Waals surface area contributed by atoms with Crippen LogP contribution >= 0.6 is 15.9 Å². The summed E-state index contributed by atoms with van der Waals surface area (Å²) in [6.07, 6.45) is 1.76. The Kier molecular flexibility index (Phi) is 3.98. The van der Waals surface area contributed by atoms with Crippen molar-refractivity contribution >= 4 is 21.7 Å². The molecule has 3 nitrogen and oxygen atoms in total. The molecule has 2 rings (SSSR count). The van der Waals surface area contributed by atoms with Crippen molar-refractivity contribution in [3.63, 3.8) is 0 Å². The van der Waals surface area contributed by atoms with Gasteiger partial charge in [-0.3, -0.25) is 0 Å². The normalized spacial score (nSPS) is 10.0. The Morgan fingerprint density at radius 1 is 1.24 bits per heavy atom. The van der Waals surface area contributed by atoms with E-state index < -0.39 is 0 Å². The fraction of sp³-hybridized carbons (Fsp3) is 0.154. The first-order valence-corrected chi connectivity index (χ1v) is 6.07. The van der Waals surface area contributed by atoms with Gasteiger partial charge in [-0.05, 0) is 34.1 Å². The summed E-state index contributed by atoms with van der Waals surface area (Å²) in [5, 5.41) is 3.27. The first-order chi connectivity index (χ1) is 8.31. The minimum Gasteiger partial charge on any atom is -0.496 e. The van der Waals surface area contributed by atoms with Crippen LogP contribution in [0.5, 0.6) is 5.75 Å². The molecule has 0 unspecified atom stereocenters. The molecule has 0 fully saturated rings. The van der Waals surface area contributed by atoms with Gasteiger partial charge in [0.05, 0.1) is 11.6 Å². The van der Waals surface area contributed by atoms with Crippen LogP contribution in [0, 0.1) is 0 Å². The number of pyridine rings is 1. The van der Waals surface area contributed by atoms with E-state index in [1.54, 1.807) is 13.3 Å². The van der Waals surface area contributed by atoms with Gasteiger partial charge in [-0.15, -0.1) is 0 Å². The van der Waals surface area contributed by atoms with Crippen LogP contribution in [-0.4, -0.2) is 12.1 Å². The van der Waals surface area contributed by atoms with Gasteiger partial charge in [-0.1, -0.05) is 18.2 Å². The van der Waals surface area contributed by atoms with Crippen LogP contribution in [0.15, 0.2) is 47.1 Å². The van der Waals surface area contributed by atoms with E-state index in [1.807, 2.05) is 36.4 Å². The lowest BCUT2D eigenvalue weighted by atomic mass is 10.2. The highest BCUT2D eigenvalue weighted by molar-refractivity contribution is 9.10. The topological polar surface area (TPSA) is 34.1 Å². The highest BCUT2D eigenvalue weighted by Gasteiger charge is 2.03. The number of hydrogen-bond acceptors (Lipinski definition) is 3. The fourth-order valence-electron chi connectivity index (χ4n) is 1.54. The summed E-state index contributed by atoms with van der Waals surface area (Å²) in [6, 6.07) is 11.8. The van der Waals surface area contributed by atoms with Crippen molar-refractivity contribution < 1.29 is 4.74 Å². The predicted octanol–water partition coefficient (Wildman–Crippen LogP) is 3.46. The molecular weight excluding hydrogens is 280 g/mol. The SMILES string of the molecule is COc1ccccc1CNc1ncccc1Br. The minimum absolute atomic E-state index is 0.680. The van der Waals surface area contributed by atoms with Gasteiger partial charge in [0, 0.05) is 18.3 Å². The van der Waals surface area contributed by atoms with Crippen LogP contribution in [0.2, 0.25) is 0 Å². The van der Waals surface area contributed by atoms with Gasteiger partial charge >= 0.3 is 0 Å². The molecule has 1 aromatic carbocycles. The first-order valence-electron chi connectivity index (χ1n) is 5.27. The zero-order valence-corrected chi connectivity index (χ0v) is 11.1. The van der Waals surface area contributed by atoms with Crippen molar-refractivity contribution in [2.75, 3.05) is 12.4 Å². The number of benzene rings is 1. The van der Waals surface area contributed by atoms with E-state index in [2.05, 4.69) is 26.2 Å². The molecule has 4 heteroatoms. The average molecular weight is 293 g/mol. The maximum atomic E-state index is 5.29. The zero-order chi connectivity index (χ0) is 12.1. The molecule has 2 aromatic rings. The smallest absolute Gasteiger partial charge is 0.140 e. The largest absolute Gasteiger partial charge is 0.496 e. The third-order valence-corrected chi connectivity index (χ3v) is 3.04. The second-order valence-corrected chi connectivity index (χ2v) is 4.35. The second-order valence-electron chi connectivity index (χ2n) is 3.50. The highest BCUT2D eigenvalue weighted by atomic mass is 79.9. The summed E-state index contributed by atoms with van der Waals surface area (Å²) < 4.78 is 6.25. The molecule has 1 aromatic heterocycles. The first kappa shape index (κ1) is 11.9. The summed E-state index contributed by atoms with van der Waals surface area (Å²) >= 11 is 3.45. The summed E-state index contributed by atoms with van der Waals surface area (Å²) in [5.74, 6) is 1.71. The predicted molar refractivity (Wildman–Crippen MR) is 72.3 cm³/mol. The zero-order valence-electron chi connectivity index (χ0n) is 9.48. The molecule has 0 atom stereocenters. The molecule has 0 spiro atoms. The Bertz CT molecular complexity index is 502. The third kappa shape index (κ3) is 2.97. The summed E-state index contributed by atoms with van der Waals surface area (Å²) in [4.78, 5) is 4.25. The van der Waals surface area contributed by atoms with Crippen molar-refractivity contribution in [3.05, 3.63) is 52.6 Å². The molecule has 0 saturated carbocycles. The summed E-state index contributed by atoms with van der Waals surface area (Å²) in [7, 11) is 1.68. The van der Waals surface area contributed by atoms with Gasteiger partial charge in [0.1, 0.15) is 11.6 Å². The standard InChI is InChI=1S/C13H13BrN2O/c1-17-12-7-3-2-5-10(12)9-16-13-11(14)6-4-8-15-13/h2-8H,9H2,1H3,(H,15,16). The Balaban J connectivity index is 2.10. The Morgan fingerprint density at radius 2 is 2.06 bits per heavy atom. The highest BCUT2D eigenvalue weighted by Crippen LogP contribution is 2.22. The van der Waals surface area contributed by atoms with Gasteiger partial charge in [-0.25, -0.2) is 4.98 Å². The van der Waals surface area contributed by atoms with E-state index in [-0.39, 0.29) is 0 Å². The van der Waals surface area contributed by atoms with Crippen molar-refractivity contribution in [1.29, 1.82) is 0 Å².